The van der Waals surface area contributed by atoms with Crippen LogP contribution in [0.2, 0.25) is 0 Å². The van der Waals surface area contributed by atoms with Crippen molar-refractivity contribution >= 4 is 17.3 Å². The summed E-state index contributed by atoms with van der Waals surface area (Å²) in [5.74, 6) is -0.762. The van der Waals surface area contributed by atoms with E-state index in [4.69, 9.17) is 5.11 Å². The van der Waals surface area contributed by atoms with E-state index in [2.05, 4.69) is 5.32 Å². The van der Waals surface area contributed by atoms with Gasteiger partial charge in [-0.3, -0.25) is 14.9 Å². The lowest BCUT2D eigenvalue weighted by Crippen LogP contribution is -2.17. The number of anilines is 1. The van der Waals surface area contributed by atoms with Gasteiger partial charge in [0.15, 0.2) is 0 Å². The molecule has 1 aromatic rings. The molecule has 0 fully saturated rings. The number of nitro benzene ring substituents is 1. The Hall–Kier alpha value is -2.11. The van der Waals surface area contributed by atoms with Gasteiger partial charge in [0.1, 0.15) is 0 Å². The summed E-state index contributed by atoms with van der Waals surface area (Å²) < 4.78 is 0. The van der Waals surface area contributed by atoms with Gasteiger partial charge in [-0.25, -0.2) is 0 Å². The number of hydrogen-bond acceptors (Lipinski definition) is 4. The maximum absolute atomic E-state index is 10.7. The minimum absolute atomic E-state index is 0.0491. The maximum atomic E-state index is 10.7. The molecule has 19 heavy (non-hydrogen) atoms. The van der Waals surface area contributed by atoms with Gasteiger partial charge in [0.05, 0.1) is 4.92 Å². The molecule has 0 aromatic heterocycles. The number of benzene rings is 1. The average Bonchev–Trinajstić information content (AvgIpc) is 2.33. The van der Waals surface area contributed by atoms with E-state index in [0.29, 0.717) is 12.1 Å². The molecule has 1 rings (SSSR count). The van der Waals surface area contributed by atoms with Crippen molar-refractivity contribution in [1.29, 1.82) is 0 Å². The Bertz CT molecular complexity index is 474. The summed E-state index contributed by atoms with van der Waals surface area (Å²) in [4.78, 5) is 20.9. The molecule has 6 heteroatoms. The molecule has 0 heterocycles. The van der Waals surface area contributed by atoms with E-state index in [1.807, 2.05) is 6.92 Å². The minimum Gasteiger partial charge on any atom is -0.481 e. The third kappa shape index (κ3) is 4.57. The van der Waals surface area contributed by atoms with Crippen LogP contribution in [-0.2, 0) is 4.79 Å². The second-order valence-corrected chi connectivity index (χ2v) is 4.51. The van der Waals surface area contributed by atoms with E-state index in [1.54, 1.807) is 19.1 Å². The highest BCUT2D eigenvalue weighted by Crippen LogP contribution is 2.22. The van der Waals surface area contributed by atoms with E-state index in [9.17, 15) is 14.9 Å². The second kappa shape index (κ2) is 6.72. The fourth-order valence-corrected chi connectivity index (χ4v) is 1.84. The Morgan fingerprint density at radius 1 is 1.53 bits per heavy atom. The average molecular weight is 266 g/mol. The van der Waals surface area contributed by atoms with Gasteiger partial charge in [-0.2, -0.15) is 0 Å². The lowest BCUT2D eigenvalue weighted by atomic mass is 10.0. The number of rotatable bonds is 7. The zero-order valence-corrected chi connectivity index (χ0v) is 11.0. The molecular weight excluding hydrogens is 248 g/mol. The van der Waals surface area contributed by atoms with Crippen LogP contribution < -0.4 is 5.32 Å². The smallest absolute Gasteiger partial charge is 0.303 e. The second-order valence-electron chi connectivity index (χ2n) is 4.51. The molecule has 2 N–H and O–H groups in total. The number of nitro groups is 1. The first-order valence-electron chi connectivity index (χ1n) is 6.14. The fraction of sp³-hybridized carbons (Fsp3) is 0.462. The van der Waals surface area contributed by atoms with Gasteiger partial charge >= 0.3 is 5.97 Å². The van der Waals surface area contributed by atoms with Crippen molar-refractivity contribution in [2.45, 2.75) is 26.7 Å². The van der Waals surface area contributed by atoms with Crippen molar-refractivity contribution in [1.82, 2.24) is 0 Å². The van der Waals surface area contributed by atoms with Crippen LogP contribution in [0.15, 0.2) is 18.2 Å². The molecule has 0 saturated heterocycles. The van der Waals surface area contributed by atoms with Crippen molar-refractivity contribution in [3.8, 4) is 0 Å². The monoisotopic (exact) mass is 266 g/mol. The standard InChI is InChI=1S/C13H18N2O4/c1-3-10(7-13(16)17)8-14-11-4-5-12(15(18)19)9(2)6-11/h4-6,10,14H,3,7-8H2,1-2H3,(H,16,17). The van der Waals surface area contributed by atoms with Gasteiger partial charge in [0.25, 0.3) is 5.69 Å². The first kappa shape index (κ1) is 14.9. The number of carboxylic acids is 1. The summed E-state index contributed by atoms with van der Waals surface area (Å²) in [6, 6.07) is 4.79. The Kier molecular flexibility index (Phi) is 5.29. The van der Waals surface area contributed by atoms with E-state index in [0.717, 1.165) is 12.1 Å². The molecule has 0 spiro atoms. The lowest BCUT2D eigenvalue weighted by Gasteiger charge is -2.14. The van der Waals surface area contributed by atoms with Gasteiger partial charge in [-0.1, -0.05) is 13.3 Å². The number of hydrogen-bond donors (Lipinski definition) is 2. The van der Waals surface area contributed by atoms with Gasteiger partial charge in [-0.05, 0) is 25.0 Å². The maximum Gasteiger partial charge on any atom is 0.303 e. The SMILES string of the molecule is CCC(CNc1ccc([N+](=O)[O-])c(C)c1)CC(=O)O. The Morgan fingerprint density at radius 3 is 2.68 bits per heavy atom. The largest absolute Gasteiger partial charge is 0.481 e. The van der Waals surface area contributed by atoms with Crippen LogP contribution in [0.4, 0.5) is 11.4 Å². The highest BCUT2D eigenvalue weighted by atomic mass is 16.6. The highest BCUT2D eigenvalue weighted by Gasteiger charge is 2.13. The number of carboxylic acid groups (broad SMARTS) is 1. The zero-order chi connectivity index (χ0) is 14.4. The van der Waals surface area contributed by atoms with Crippen molar-refractivity contribution in [3.63, 3.8) is 0 Å². The number of aryl methyl sites for hydroxylation is 1. The molecule has 1 aromatic carbocycles. The topological polar surface area (TPSA) is 92.5 Å². The van der Waals surface area contributed by atoms with Crippen molar-refractivity contribution in [3.05, 3.63) is 33.9 Å². The quantitative estimate of drug-likeness (QED) is 0.584. The molecule has 1 atom stereocenters. The molecule has 0 aliphatic carbocycles. The van der Waals surface area contributed by atoms with Crippen LogP contribution in [0.3, 0.4) is 0 Å². The van der Waals surface area contributed by atoms with E-state index >= 15 is 0 Å². The van der Waals surface area contributed by atoms with Crippen LogP contribution in [0.25, 0.3) is 0 Å². The van der Waals surface area contributed by atoms with Crippen molar-refractivity contribution < 1.29 is 14.8 Å². The predicted octanol–water partition coefficient (Wildman–Crippen LogP) is 2.82. The summed E-state index contributed by atoms with van der Waals surface area (Å²) in [6.45, 7) is 4.16. The summed E-state index contributed by atoms with van der Waals surface area (Å²) in [5.41, 5.74) is 1.44. The van der Waals surface area contributed by atoms with Crippen LogP contribution in [-0.4, -0.2) is 22.5 Å². The molecule has 0 saturated carbocycles. The highest BCUT2D eigenvalue weighted by molar-refractivity contribution is 5.67. The van der Waals surface area contributed by atoms with E-state index in [-0.39, 0.29) is 18.0 Å². The Morgan fingerprint density at radius 2 is 2.21 bits per heavy atom. The number of aliphatic carboxylic acids is 1. The van der Waals surface area contributed by atoms with Crippen molar-refractivity contribution in [2.75, 3.05) is 11.9 Å². The minimum atomic E-state index is -0.812. The Balaban J connectivity index is 2.65. The predicted molar refractivity (Wildman–Crippen MR) is 72.4 cm³/mol. The first-order chi connectivity index (χ1) is 8.93. The summed E-state index contributed by atoms with van der Waals surface area (Å²) in [5, 5.41) is 22.6. The van der Waals surface area contributed by atoms with Gasteiger partial charge in [0.2, 0.25) is 0 Å². The van der Waals surface area contributed by atoms with Crippen LogP contribution in [0, 0.1) is 23.0 Å². The van der Waals surface area contributed by atoms with Crippen molar-refractivity contribution in [2.24, 2.45) is 5.92 Å². The molecule has 0 aliphatic rings. The van der Waals surface area contributed by atoms with Gasteiger partial charge in [-0.15, -0.1) is 0 Å². The van der Waals surface area contributed by atoms with Gasteiger partial charge in [0, 0.05) is 30.3 Å². The van der Waals surface area contributed by atoms with E-state index in [1.165, 1.54) is 6.07 Å². The summed E-state index contributed by atoms with van der Waals surface area (Å²) in [7, 11) is 0. The molecule has 0 bridgehead atoms. The third-order valence-corrected chi connectivity index (χ3v) is 3.03. The summed E-state index contributed by atoms with van der Waals surface area (Å²) >= 11 is 0. The summed E-state index contributed by atoms with van der Waals surface area (Å²) in [6.07, 6.45) is 0.890. The lowest BCUT2D eigenvalue weighted by molar-refractivity contribution is -0.385. The third-order valence-electron chi connectivity index (χ3n) is 3.03. The fourth-order valence-electron chi connectivity index (χ4n) is 1.84. The van der Waals surface area contributed by atoms with Crippen LogP contribution in [0.1, 0.15) is 25.3 Å². The van der Waals surface area contributed by atoms with E-state index < -0.39 is 10.9 Å². The molecule has 0 amide bonds. The molecule has 1 unspecified atom stereocenters. The zero-order valence-electron chi connectivity index (χ0n) is 11.0. The molecular formula is C13H18N2O4. The molecule has 104 valence electrons. The number of nitrogens with one attached hydrogen (secondary N) is 1. The van der Waals surface area contributed by atoms with Crippen LogP contribution >= 0.6 is 0 Å². The Labute approximate surface area is 111 Å². The molecule has 6 nitrogen and oxygen atoms in total. The van der Waals surface area contributed by atoms with Crippen LogP contribution in [0.5, 0.6) is 0 Å². The van der Waals surface area contributed by atoms with Gasteiger partial charge < -0.3 is 10.4 Å². The number of nitrogens with zero attached hydrogens (tertiary/aromatic N) is 1. The molecule has 0 aliphatic heterocycles. The first-order valence-corrected chi connectivity index (χ1v) is 6.14. The number of carbonyl (C=O) groups is 1. The molecule has 0 radical (unpaired) electrons. The normalized spacial score (nSPS) is 11.9.